The summed E-state index contributed by atoms with van der Waals surface area (Å²) in [5.74, 6) is 0.628. The number of aliphatic hydroxyl groups is 1. The SMILES string of the molecule is CCc1occc1C(=O)NCC1(CO)CCCCC1. The Morgan fingerprint density at radius 2 is 2.16 bits per heavy atom. The molecule has 1 heterocycles. The summed E-state index contributed by atoms with van der Waals surface area (Å²) in [5.41, 5.74) is 0.496. The summed E-state index contributed by atoms with van der Waals surface area (Å²) in [6.07, 6.45) is 7.77. The first-order valence-corrected chi connectivity index (χ1v) is 7.16. The van der Waals surface area contributed by atoms with Crippen molar-refractivity contribution in [1.29, 1.82) is 0 Å². The van der Waals surface area contributed by atoms with Crippen molar-refractivity contribution < 1.29 is 14.3 Å². The van der Waals surface area contributed by atoms with Gasteiger partial charge in [0.1, 0.15) is 5.76 Å². The molecule has 1 amide bonds. The van der Waals surface area contributed by atoms with E-state index in [2.05, 4.69) is 5.32 Å². The predicted molar refractivity (Wildman–Crippen MR) is 73.0 cm³/mol. The number of furan rings is 1. The average molecular weight is 265 g/mol. The molecule has 1 aromatic rings. The van der Waals surface area contributed by atoms with Crippen molar-refractivity contribution in [2.45, 2.75) is 45.4 Å². The average Bonchev–Trinajstić information content (AvgIpc) is 2.94. The summed E-state index contributed by atoms with van der Waals surface area (Å²) in [4.78, 5) is 12.1. The lowest BCUT2D eigenvalue weighted by molar-refractivity contribution is 0.0717. The Labute approximate surface area is 114 Å². The van der Waals surface area contributed by atoms with Gasteiger partial charge in [0.25, 0.3) is 5.91 Å². The molecule has 19 heavy (non-hydrogen) atoms. The number of aliphatic hydroxyl groups excluding tert-OH is 1. The maximum atomic E-state index is 12.1. The Morgan fingerprint density at radius 1 is 1.42 bits per heavy atom. The molecule has 0 radical (unpaired) electrons. The first kappa shape index (κ1) is 14.1. The third-order valence-electron chi connectivity index (χ3n) is 4.18. The van der Waals surface area contributed by atoms with Gasteiger partial charge in [0.2, 0.25) is 0 Å². The third kappa shape index (κ3) is 3.18. The van der Waals surface area contributed by atoms with Gasteiger partial charge in [-0.25, -0.2) is 0 Å². The smallest absolute Gasteiger partial charge is 0.254 e. The number of nitrogens with one attached hydrogen (secondary N) is 1. The second-order valence-electron chi connectivity index (χ2n) is 5.51. The Balaban J connectivity index is 1.95. The van der Waals surface area contributed by atoms with E-state index in [1.165, 1.54) is 6.42 Å². The van der Waals surface area contributed by atoms with E-state index in [1.54, 1.807) is 12.3 Å². The summed E-state index contributed by atoms with van der Waals surface area (Å²) in [7, 11) is 0. The molecular formula is C15H23NO3. The zero-order valence-corrected chi connectivity index (χ0v) is 11.6. The van der Waals surface area contributed by atoms with Crippen LogP contribution < -0.4 is 5.32 Å². The van der Waals surface area contributed by atoms with Crippen molar-refractivity contribution in [3.05, 3.63) is 23.7 Å². The Morgan fingerprint density at radius 3 is 2.79 bits per heavy atom. The summed E-state index contributed by atoms with van der Waals surface area (Å²) in [6, 6.07) is 1.71. The summed E-state index contributed by atoms with van der Waals surface area (Å²) in [5, 5.41) is 12.6. The Kier molecular flexibility index (Phi) is 4.64. The van der Waals surface area contributed by atoms with Crippen LogP contribution in [0.1, 0.15) is 55.1 Å². The maximum Gasteiger partial charge on any atom is 0.254 e. The fourth-order valence-corrected chi connectivity index (χ4v) is 2.87. The molecule has 106 valence electrons. The normalized spacial score (nSPS) is 18.2. The highest BCUT2D eigenvalue weighted by Crippen LogP contribution is 2.35. The Bertz CT molecular complexity index is 419. The van der Waals surface area contributed by atoms with Crippen LogP contribution in [-0.4, -0.2) is 24.2 Å². The van der Waals surface area contributed by atoms with Gasteiger partial charge in [-0.1, -0.05) is 26.2 Å². The molecule has 4 nitrogen and oxygen atoms in total. The molecule has 0 spiro atoms. The first-order chi connectivity index (χ1) is 9.21. The van der Waals surface area contributed by atoms with E-state index < -0.39 is 0 Å². The fraction of sp³-hybridized carbons (Fsp3) is 0.667. The first-order valence-electron chi connectivity index (χ1n) is 7.16. The zero-order valence-electron chi connectivity index (χ0n) is 11.6. The van der Waals surface area contributed by atoms with Crippen molar-refractivity contribution in [3.8, 4) is 0 Å². The minimum Gasteiger partial charge on any atom is -0.469 e. The number of carbonyl (C=O) groups excluding carboxylic acids is 1. The molecule has 4 heteroatoms. The second-order valence-corrected chi connectivity index (χ2v) is 5.51. The van der Waals surface area contributed by atoms with E-state index in [1.807, 2.05) is 6.92 Å². The van der Waals surface area contributed by atoms with Crippen LogP contribution in [0.25, 0.3) is 0 Å². The number of amides is 1. The molecule has 1 aliphatic rings. The molecule has 0 atom stereocenters. The maximum absolute atomic E-state index is 12.1. The standard InChI is InChI=1S/C15H23NO3/c1-2-13-12(6-9-19-13)14(18)16-10-15(11-17)7-4-3-5-8-15/h6,9,17H,2-5,7-8,10-11H2,1H3,(H,16,18). The Hall–Kier alpha value is -1.29. The molecule has 0 bridgehead atoms. The van der Waals surface area contributed by atoms with Crippen molar-refractivity contribution in [1.82, 2.24) is 5.32 Å². The molecule has 1 aliphatic carbocycles. The second kappa shape index (κ2) is 6.24. The molecule has 2 N–H and O–H groups in total. The van der Waals surface area contributed by atoms with Crippen LogP contribution in [0.4, 0.5) is 0 Å². The van der Waals surface area contributed by atoms with Crippen molar-refractivity contribution >= 4 is 5.91 Å². The number of rotatable bonds is 5. The quantitative estimate of drug-likeness (QED) is 0.860. The van der Waals surface area contributed by atoms with Crippen molar-refractivity contribution in [2.75, 3.05) is 13.2 Å². The number of hydrogen-bond donors (Lipinski definition) is 2. The van der Waals surface area contributed by atoms with Crippen LogP contribution in [-0.2, 0) is 6.42 Å². The summed E-state index contributed by atoms with van der Waals surface area (Å²) < 4.78 is 5.27. The van der Waals surface area contributed by atoms with Gasteiger partial charge in [0.05, 0.1) is 18.4 Å². The highest BCUT2D eigenvalue weighted by molar-refractivity contribution is 5.95. The van der Waals surface area contributed by atoms with Crippen molar-refractivity contribution in [3.63, 3.8) is 0 Å². The summed E-state index contributed by atoms with van der Waals surface area (Å²) in [6.45, 7) is 2.67. The van der Waals surface area contributed by atoms with Crippen LogP contribution >= 0.6 is 0 Å². The van der Waals surface area contributed by atoms with Crippen LogP contribution in [0.3, 0.4) is 0 Å². The van der Waals surface area contributed by atoms with Gasteiger partial charge in [-0.15, -0.1) is 0 Å². The lowest BCUT2D eigenvalue weighted by atomic mass is 9.74. The van der Waals surface area contributed by atoms with Gasteiger partial charge >= 0.3 is 0 Å². The molecule has 0 saturated heterocycles. The van der Waals surface area contributed by atoms with Gasteiger partial charge < -0.3 is 14.8 Å². The minimum atomic E-state index is -0.121. The molecule has 2 rings (SSSR count). The molecule has 1 saturated carbocycles. The van der Waals surface area contributed by atoms with E-state index in [9.17, 15) is 9.90 Å². The lowest BCUT2D eigenvalue weighted by Gasteiger charge is -2.35. The highest BCUT2D eigenvalue weighted by Gasteiger charge is 2.32. The van der Waals surface area contributed by atoms with Crippen LogP contribution in [0.15, 0.2) is 16.7 Å². The molecular weight excluding hydrogens is 242 g/mol. The van der Waals surface area contributed by atoms with E-state index in [0.717, 1.165) is 31.4 Å². The highest BCUT2D eigenvalue weighted by atomic mass is 16.3. The molecule has 0 aromatic carbocycles. The van der Waals surface area contributed by atoms with Gasteiger partial charge in [-0.3, -0.25) is 4.79 Å². The topological polar surface area (TPSA) is 62.5 Å². The van der Waals surface area contributed by atoms with Gasteiger partial charge in [-0.2, -0.15) is 0 Å². The minimum absolute atomic E-state index is 0.0935. The van der Waals surface area contributed by atoms with E-state index >= 15 is 0 Å². The van der Waals surface area contributed by atoms with E-state index in [-0.39, 0.29) is 17.9 Å². The zero-order chi connectivity index (χ0) is 13.7. The van der Waals surface area contributed by atoms with Gasteiger partial charge in [0, 0.05) is 18.4 Å². The van der Waals surface area contributed by atoms with Crippen LogP contribution in [0.2, 0.25) is 0 Å². The fourth-order valence-electron chi connectivity index (χ4n) is 2.87. The van der Waals surface area contributed by atoms with Crippen LogP contribution in [0, 0.1) is 5.41 Å². The number of aryl methyl sites for hydroxylation is 1. The monoisotopic (exact) mass is 265 g/mol. The van der Waals surface area contributed by atoms with E-state index in [4.69, 9.17) is 4.42 Å². The number of carbonyl (C=O) groups is 1. The molecule has 1 aromatic heterocycles. The predicted octanol–water partition coefficient (Wildman–Crippen LogP) is 2.51. The van der Waals surface area contributed by atoms with Crippen molar-refractivity contribution in [2.24, 2.45) is 5.41 Å². The molecule has 0 unspecified atom stereocenters. The van der Waals surface area contributed by atoms with Gasteiger partial charge in [0.15, 0.2) is 0 Å². The largest absolute Gasteiger partial charge is 0.469 e. The summed E-state index contributed by atoms with van der Waals surface area (Å²) >= 11 is 0. The van der Waals surface area contributed by atoms with E-state index in [0.29, 0.717) is 18.5 Å². The van der Waals surface area contributed by atoms with Gasteiger partial charge in [-0.05, 0) is 18.9 Å². The lowest BCUT2D eigenvalue weighted by Crippen LogP contribution is -2.41. The van der Waals surface area contributed by atoms with Crippen LogP contribution in [0.5, 0.6) is 0 Å². The third-order valence-corrected chi connectivity index (χ3v) is 4.18. The number of hydrogen-bond acceptors (Lipinski definition) is 3. The molecule has 0 aliphatic heterocycles. The molecule has 1 fully saturated rings.